The molecule has 1 heterocycles. The van der Waals surface area contributed by atoms with E-state index in [-0.39, 0.29) is 30.1 Å². The van der Waals surface area contributed by atoms with Gasteiger partial charge in [-0.2, -0.15) is 0 Å². The maximum absolute atomic E-state index is 5.70. The maximum Gasteiger partial charge on any atom is 0.196 e. The Bertz CT molecular complexity index is 746. The van der Waals surface area contributed by atoms with Gasteiger partial charge < -0.3 is 24.7 Å². The van der Waals surface area contributed by atoms with Gasteiger partial charge in [-0.1, -0.05) is 13.8 Å². The van der Waals surface area contributed by atoms with Crippen LogP contribution in [0.3, 0.4) is 0 Å². The number of hydrogen-bond acceptors (Lipinski definition) is 5. The van der Waals surface area contributed by atoms with Crippen LogP contribution in [0.4, 0.5) is 5.69 Å². The number of aliphatic imine (C=N–C) groups is 1. The number of rotatable bonds is 11. The number of benzene rings is 1. The molecule has 0 radical (unpaired) electrons. The van der Waals surface area contributed by atoms with Crippen LogP contribution in [0.2, 0.25) is 0 Å². The molecule has 2 N–H and O–H groups in total. The molecule has 0 saturated carbocycles. The number of ether oxygens (including phenoxy) is 2. The van der Waals surface area contributed by atoms with Gasteiger partial charge in [-0.15, -0.1) is 34.2 Å². The number of nitrogens with zero attached hydrogens (tertiary/aromatic N) is 4. The van der Waals surface area contributed by atoms with Crippen molar-refractivity contribution in [3.05, 3.63) is 36.4 Å². The molecule has 30 heavy (non-hydrogen) atoms. The summed E-state index contributed by atoms with van der Waals surface area (Å²) in [5.74, 6) is 2.88. The normalized spacial score (nSPS) is 11.5. The average molecular weight is 530 g/mol. The van der Waals surface area contributed by atoms with Crippen molar-refractivity contribution in [1.29, 1.82) is 0 Å². The largest absolute Gasteiger partial charge is 0.491 e. The number of hydrogen-bond donors (Lipinski definition) is 2. The number of halogens is 1. The van der Waals surface area contributed by atoms with Gasteiger partial charge in [-0.05, 0) is 50.5 Å². The fourth-order valence-corrected chi connectivity index (χ4v) is 2.47. The highest BCUT2D eigenvalue weighted by atomic mass is 127. The Morgan fingerprint density at radius 1 is 1.17 bits per heavy atom. The third kappa shape index (κ3) is 10.2. The van der Waals surface area contributed by atoms with Gasteiger partial charge in [0.15, 0.2) is 11.8 Å². The lowest BCUT2D eigenvalue weighted by Gasteiger charge is -2.14. The molecular formula is C21H35IN6O2. The van der Waals surface area contributed by atoms with E-state index in [0.717, 1.165) is 43.4 Å². The van der Waals surface area contributed by atoms with Crippen molar-refractivity contribution >= 4 is 35.6 Å². The summed E-state index contributed by atoms with van der Waals surface area (Å²) in [6, 6.07) is 7.84. The molecule has 1 aromatic heterocycles. The average Bonchev–Trinajstić information content (AvgIpc) is 3.08. The molecule has 168 valence electrons. The van der Waals surface area contributed by atoms with Crippen molar-refractivity contribution in [1.82, 2.24) is 20.1 Å². The molecule has 0 atom stereocenters. The van der Waals surface area contributed by atoms with E-state index in [1.165, 1.54) is 0 Å². The quantitative estimate of drug-likeness (QED) is 0.199. The van der Waals surface area contributed by atoms with Gasteiger partial charge in [0.2, 0.25) is 0 Å². The second-order valence-electron chi connectivity index (χ2n) is 7.59. The molecule has 2 aromatic rings. The van der Waals surface area contributed by atoms with Crippen LogP contribution in [0.25, 0.3) is 0 Å². The van der Waals surface area contributed by atoms with Crippen molar-refractivity contribution < 1.29 is 9.47 Å². The van der Waals surface area contributed by atoms with Crippen LogP contribution in [-0.2, 0) is 18.3 Å². The highest BCUT2D eigenvalue weighted by Crippen LogP contribution is 2.16. The highest BCUT2D eigenvalue weighted by molar-refractivity contribution is 14.0. The van der Waals surface area contributed by atoms with Crippen LogP contribution >= 0.6 is 24.0 Å². The highest BCUT2D eigenvalue weighted by Gasteiger charge is 2.05. The molecule has 0 unspecified atom stereocenters. The standard InChI is InChI=1S/C21H34N6O2.HI/c1-16(2)14-28-12-6-11-22-21(23-13-20-26-24-15-27(20)5)25-18-7-9-19(10-8-18)29-17(3)4;/h7-10,15-17H,6,11-14H2,1-5H3,(H2,22,23,25);1H. The van der Waals surface area contributed by atoms with E-state index in [9.17, 15) is 0 Å². The molecule has 0 aliphatic heterocycles. The van der Waals surface area contributed by atoms with E-state index in [1.54, 1.807) is 6.33 Å². The third-order valence-electron chi connectivity index (χ3n) is 3.88. The zero-order valence-corrected chi connectivity index (χ0v) is 20.9. The fraction of sp³-hybridized carbons (Fsp3) is 0.571. The minimum atomic E-state index is 0. The summed E-state index contributed by atoms with van der Waals surface area (Å²) in [4.78, 5) is 4.64. The van der Waals surface area contributed by atoms with E-state index < -0.39 is 0 Å². The minimum absolute atomic E-state index is 0. The summed E-state index contributed by atoms with van der Waals surface area (Å²) >= 11 is 0. The smallest absolute Gasteiger partial charge is 0.196 e. The monoisotopic (exact) mass is 530 g/mol. The van der Waals surface area contributed by atoms with Gasteiger partial charge in [-0.3, -0.25) is 0 Å². The topological polar surface area (TPSA) is 85.6 Å². The molecule has 1 aromatic carbocycles. The Hall–Kier alpha value is -1.88. The van der Waals surface area contributed by atoms with E-state index in [0.29, 0.717) is 18.4 Å². The second-order valence-corrected chi connectivity index (χ2v) is 7.59. The first-order valence-corrected chi connectivity index (χ1v) is 10.2. The Morgan fingerprint density at radius 2 is 1.90 bits per heavy atom. The number of aryl methyl sites for hydroxylation is 1. The number of anilines is 1. The zero-order valence-electron chi connectivity index (χ0n) is 18.6. The van der Waals surface area contributed by atoms with Crippen molar-refractivity contribution in [2.75, 3.05) is 25.1 Å². The fourth-order valence-electron chi connectivity index (χ4n) is 2.47. The Morgan fingerprint density at radius 3 is 2.50 bits per heavy atom. The summed E-state index contributed by atoms with van der Waals surface area (Å²) in [5.41, 5.74) is 0.932. The molecule has 0 saturated heterocycles. The van der Waals surface area contributed by atoms with Gasteiger partial charge >= 0.3 is 0 Å². The van der Waals surface area contributed by atoms with Crippen molar-refractivity contribution in [2.24, 2.45) is 18.0 Å². The lowest BCUT2D eigenvalue weighted by Crippen LogP contribution is -2.32. The SMILES string of the molecule is CC(C)COCCCNC(=NCc1nncn1C)Nc1ccc(OC(C)C)cc1.I. The van der Waals surface area contributed by atoms with Crippen LogP contribution in [-0.4, -0.2) is 46.6 Å². The number of aromatic nitrogens is 3. The lowest BCUT2D eigenvalue weighted by molar-refractivity contribution is 0.108. The molecule has 0 aliphatic rings. The van der Waals surface area contributed by atoms with Crippen molar-refractivity contribution in [2.45, 2.75) is 46.8 Å². The summed E-state index contributed by atoms with van der Waals surface area (Å²) in [5, 5.41) is 14.7. The molecule has 2 rings (SSSR count). The summed E-state index contributed by atoms with van der Waals surface area (Å²) in [6.45, 7) is 11.0. The van der Waals surface area contributed by atoms with Crippen LogP contribution in [0.1, 0.15) is 39.9 Å². The molecule has 8 nitrogen and oxygen atoms in total. The van der Waals surface area contributed by atoms with Gasteiger partial charge in [0.05, 0.1) is 6.10 Å². The first-order chi connectivity index (χ1) is 13.9. The van der Waals surface area contributed by atoms with Crippen LogP contribution in [0.5, 0.6) is 5.75 Å². The summed E-state index contributed by atoms with van der Waals surface area (Å²) in [7, 11) is 1.91. The van der Waals surface area contributed by atoms with Crippen LogP contribution in [0, 0.1) is 5.92 Å². The summed E-state index contributed by atoms with van der Waals surface area (Å²) in [6.07, 6.45) is 2.72. The van der Waals surface area contributed by atoms with Crippen LogP contribution < -0.4 is 15.4 Å². The van der Waals surface area contributed by atoms with E-state index in [4.69, 9.17) is 9.47 Å². The van der Waals surface area contributed by atoms with E-state index in [1.807, 2.05) is 49.7 Å². The number of guanidine groups is 1. The van der Waals surface area contributed by atoms with Gasteiger partial charge in [0, 0.05) is 32.5 Å². The van der Waals surface area contributed by atoms with E-state index >= 15 is 0 Å². The third-order valence-corrected chi connectivity index (χ3v) is 3.88. The molecule has 0 aliphatic carbocycles. The zero-order chi connectivity index (χ0) is 21.1. The molecule has 0 spiro atoms. The molecular weight excluding hydrogens is 495 g/mol. The number of nitrogens with one attached hydrogen (secondary N) is 2. The van der Waals surface area contributed by atoms with Crippen LogP contribution in [0.15, 0.2) is 35.6 Å². The Balaban J connectivity index is 0.00000450. The minimum Gasteiger partial charge on any atom is -0.491 e. The predicted molar refractivity (Wildman–Crippen MR) is 132 cm³/mol. The van der Waals surface area contributed by atoms with E-state index in [2.05, 4.69) is 39.7 Å². The molecule has 0 fully saturated rings. The molecule has 0 bridgehead atoms. The lowest BCUT2D eigenvalue weighted by atomic mass is 10.2. The second kappa shape index (κ2) is 14.2. The van der Waals surface area contributed by atoms with Gasteiger partial charge in [0.1, 0.15) is 18.6 Å². The first-order valence-electron chi connectivity index (χ1n) is 10.2. The van der Waals surface area contributed by atoms with Crippen molar-refractivity contribution in [3.63, 3.8) is 0 Å². The predicted octanol–water partition coefficient (Wildman–Crippen LogP) is 3.84. The maximum atomic E-state index is 5.70. The Kier molecular flexibility index (Phi) is 12.4. The Labute approximate surface area is 196 Å². The molecule has 0 amide bonds. The summed E-state index contributed by atoms with van der Waals surface area (Å²) < 4.78 is 13.2. The van der Waals surface area contributed by atoms with Gasteiger partial charge in [-0.25, -0.2) is 4.99 Å². The molecule has 9 heteroatoms. The van der Waals surface area contributed by atoms with Gasteiger partial charge in [0.25, 0.3) is 0 Å². The van der Waals surface area contributed by atoms with Crippen molar-refractivity contribution in [3.8, 4) is 5.75 Å². The first kappa shape index (κ1) is 26.2.